The number of hydrogen-bond acceptors (Lipinski definition) is 8. The number of nitrogens with one attached hydrogen (secondary N) is 1. The molecular formula is C24H24N5O3S+. The molecule has 0 atom stereocenters. The number of nitrogens with zero attached hydrogens (tertiary/aromatic N) is 4. The van der Waals surface area contributed by atoms with Crippen molar-refractivity contribution in [2.45, 2.75) is 20.8 Å². The molecule has 1 amide bonds. The molecule has 168 valence electrons. The first kappa shape index (κ1) is 22.5. The maximum atomic E-state index is 11.9. The summed E-state index contributed by atoms with van der Waals surface area (Å²) in [5, 5.41) is 4.22. The lowest BCUT2D eigenvalue weighted by atomic mass is 9.94. The highest BCUT2D eigenvalue weighted by Crippen LogP contribution is 2.31. The Bertz CT molecular complexity index is 1300. The molecule has 0 saturated heterocycles. The summed E-state index contributed by atoms with van der Waals surface area (Å²) in [6.45, 7) is 5.32. The molecule has 0 aliphatic carbocycles. The molecule has 0 unspecified atom stereocenters. The zero-order valence-corrected chi connectivity index (χ0v) is 19.6. The van der Waals surface area contributed by atoms with Crippen molar-refractivity contribution in [3.8, 4) is 17.1 Å². The fraction of sp³-hybridized carbons (Fsp3) is 0.250. The van der Waals surface area contributed by atoms with Gasteiger partial charge in [0.2, 0.25) is 0 Å². The number of hydrogen-bond donors (Lipinski definition) is 1. The van der Waals surface area contributed by atoms with Crippen LogP contribution in [0.1, 0.15) is 19.4 Å². The molecule has 2 heterocycles. The van der Waals surface area contributed by atoms with Gasteiger partial charge in [0.05, 0.1) is 15.0 Å². The van der Waals surface area contributed by atoms with E-state index in [9.17, 15) is 9.70 Å². The first-order chi connectivity index (χ1) is 15.7. The topological polar surface area (TPSA) is 97.1 Å². The predicted molar refractivity (Wildman–Crippen MR) is 129 cm³/mol. The van der Waals surface area contributed by atoms with Gasteiger partial charge >= 0.3 is 11.9 Å². The summed E-state index contributed by atoms with van der Waals surface area (Å²) >= 11 is 1.61. The number of rotatable bonds is 7. The average Bonchev–Trinajstić information content (AvgIpc) is 3.20. The lowest BCUT2D eigenvalue weighted by Crippen LogP contribution is -2.36. The Labute approximate surface area is 195 Å². The molecule has 9 heteroatoms. The van der Waals surface area contributed by atoms with Crippen LogP contribution < -0.4 is 10.1 Å². The third-order valence-electron chi connectivity index (χ3n) is 5.14. The molecule has 2 aromatic heterocycles. The second kappa shape index (κ2) is 9.03. The second-order valence-electron chi connectivity index (χ2n) is 8.37. The Kier molecular flexibility index (Phi) is 6.15. The van der Waals surface area contributed by atoms with E-state index in [4.69, 9.17) is 4.74 Å². The van der Waals surface area contributed by atoms with Gasteiger partial charge in [0.1, 0.15) is 12.0 Å². The number of para-hydroxylation sites is 1. The van der Waals surface area contributed by atoms with Crippen LogP contribution in [0.5, 0.6) is 6.01 Å². The van der Waals surface area contributed by atoms with Crippen molar-refractivity contribution in [3.63, 3.8) is 0 Å². The van der Waals surface area contributed by atoms with Gasteiger partial charge in [-0.2, -0.15) is 0 Å². The Balaban J connectivity index is 1.44. The maximum Gasteiger partial charge on any atom is 0.441 e. The number of thiazole rings is 1. The third-order valence-corrected chi connectivity index (χ3v) is 6.09. The van der Waals surface area contributed by atoms with E-state index in [-0.39, 0.29) is 12.6 Å². The van der Waals surface area contributed by atoms with Crippen LogP contribution in [0.15, 0.2) is 54.9 Å². The van der Waals surface area contributed by atoms with Gasteiger partial charge in [-0.05, 0) is 56.2 Å². The van der Waals surface area contributed by atoms with Crippen molar-refractivity contribution in [3.05, 3.63) is 65.3 Å². The lowest BCUT2D eigenvalue weighted by molar-refractivity contribution is -0.447. The van der Waals surface area contributed by atoms with Gasteiger partial charge in [-0.3, -0.25) is 0 Å². The zero-order chi connectivity index (χ0) is 23.6. The summed E-state index contributed by atoms with van der Waals surface area (Å²) in [6.07, 6.45) is 3.36. The second-order valence-corrected chi connectivity index (χ2v) is 9.40. The van der Waals surface area contributed by atoms with Crippen LogP contribution >= 0.6 is 11.3 Å². The Morgan fingerprint density at radius 1 is 1.15 bits per heavy atom. The summed E-state index contributed by atoms with van der Waals surface area (Å²) in [7, 11) is 1.18. The largest absolute Gasteiger partial charge is 0.462 e. The minimum Gasteiger partial charge on any atom is -0.462 e. The van der Waals surface area contributed by atoms with Crippen molar-refractivity contribution >= 4 is 38.3 Å². The van der Waals surface area contributed by atoms with Crippen LogP contribution in [-0.4, -0.2) is 39.3 Å². The number of benzene rings is 2. The smallest absolute Gasteiger partial charge is 0.441 e. The molecule has 0 spiro atoms. The van der Waals surface area contributed by atoms with E-state index in [1.807, 2.05) is 37.3 Å². The van der Waals surface area contributed by atoms with Gasteiger partial charge in [0.25, 0.3) is 0 Å². The van der Waals surface area contributed by atoms with E-state index in [1.165, 1.54) is 7.05 Å². The van der Waals surface area contributed by atoms with Crippen LogP contribution in [0.3, 0.4) is 0 Å². The van der Waals surface area contributed by atoms with Crippen molar-refractivity contribution in [1.29, 1.82) is 0 Å². The number of carbonyl (C=O) groups excluding carboxylic acids is 1. The number of amides is 1. The van der Waals surface area contributed by atoms with E-state index >= 15 is 0 Å². The standard InChI is InChI=1S/C24H24N5O3S/c1-15-11-17(27-23-28-19-7-5-6-8-20(19)33-23)9-10-18(15)16-12-25-22(26-13-16)32-14-24(2,3)21(30)29(4)31/h5-13H,14H2,1-4H3,(H,27,28)/q+1. The highest BCUT2D eigenvalue weighted by molar-refractivity contribution is 7.22. The molecule has 0 bridgehead atoms. The van der Waals surface area contributed by atoms with Crippen LogP contribution in [0.25, 0.3) is 21.3 Å². The van der Waals surface area contributed by atoms with Crippen LogP contribution in [-0.2, 0) is 4.79 Å². The van der Waals surface area contributed by atoms with Crippen molar-refractivity contribution in [2.24, 2.45) is 5.41 Å². The number of ether oxygens (including phenoxy) is 1. The minimum absolute atomic E-state index is 0.00290. The first-order valence-electron chi connectivity index (χ1n) is 10.4. The molecule has 8 nitrogen and oxygen atoms in total. The molecule has 4 rings (SSSR count). The van der Waals surface area contributed by atoms with E-state index in [1.54, 1.807) is 37.6 Å². The summed E-state index contributed by atoms with van der Waals surface area (Å²) in [5.41, 5.74) is 3.86. The zero-order valence-electron chi connectivity index (χ0n) is 18.8. The van der Waals surface area contributed by atoms with Crippen molar-refractivity contribution in [1.82, 2.24) is 15.0 Å². The first-order valence-corrected chi connectivity index (χ1v) is 11.2. The summed E-state index contributed by atoms with van der Waals surface area (Å²) in [5.74, 6) is -0.561. The predicted octanol–water partition coefficient (Wildman–Crippen LogP) is 5.15. The molecule has 1 N–H and O–H groups in total. The highest BCUT2D eigenvalue weighted by Gasteiger charge is 2.39. The molecule has 33 heavy (non-hydrogen) atoms. The van der Waals surface area contributed by atoms with Gasteiger partial charge in [0.15, 0.2) is 12.2 Å². The minimum atomic E-state index is -0.971. The number of fused-ring (bicyclic) bond motifs is 1. The number of aryl methyl sites for hydroxylation is 1. The average molecular weight is 463 g/mol. The van der Waals surface area contributed by atoms with Gasteiger partial charge in [-0.25, -0.2) is 19.7 Å². The van der Waals surface area contributed by atoms with Crippen LogP contribution in [0.2, 0.25) is 0 Å². The SMILES string of the molecule is Cc1cc(Nc2nc3ccccc3s2)ccc1-c1cnc(OCC(C)(C)C(=O)[N+](C)=O)nc1. The van der Waals surface area contributed by atoms with Gasteiger partial charge in [-0.15, -0.1) is 0 Å². The summed E-state index contributed by atoms with van der Waals surface area (Å²) in [6, 6.07) is 14.3. The molecule has 0 aliphatic rings. The van der Waals surface area contributed by atoms with E-state index in [2.05, 4.69) is 32.4 Å². The number of anilines is 2. The quantitative estimate of drug-likeness (QED) is 0.380. The van der Waals surface area contributed by atoms with Gasteiger partial charge in [0, 0.05) is 28.6 Å². The van der Waals surface area contributed by atoms with Gasteiger partial charge in [-0.1, -0.05) is 29.5 Å². The molecular weight excluding hydrogens is 438 g/mol. The van der Waals surface area contributed by atoms with Crippen LogP contribution in [0, 0.1) is 17.2 Å². The molecule has 0 radical (unpaired) electrons. The fourth-order valence-corrected chi connectivity index (χ4v) is 4.26. The van der Waals surface area contributed by atoms with Crippen molar-refractivity contribution < 1.29 is 14.3 Å². The Hall–Kier alpha value is -3.72. The van der Waals surface area contributed by atoms with E-state index in [0.717, 1.165) is 37.7 Å². The molecule has 2 aromatic carbocycles. The number of nitroso groups, excluding NO2 is 1. The van der Waals surface area contributed by atoms with Crippen molar-refractivity contribution in [2.75, 3.05) is 19.0 Å². The molecule has 4 aromatic rings. The maximum absolute atomic E-state index is 11.9. The Morgan fingerprint density at radius 2 is 1.88 bits per heavy atom. The van der Waals surface area contributed by atoms with E-state index < -0.39 is 11.3 Å². The fourth-order valence-electron chi connectivity index (χ4n) is 3.38. The Morgan fingerprint density at radius 3 is 2.55 bits per heavy atom. The molecule has 0 saturated carbocycles. The number of aromatic nitrogens is 3. The lowest BCUT2D eigenvalue weighted by Gasteiger charge is -2.16. The highest BCUT2D eigenvalue weighted by atomic mass is 32.1. The molecule has 0 fully saturated rings. The summed E-state index contributed by atoms with van der Waals surface area (Å²) < 4.78 is 7.00. The van der Waals surface area contributed by atoms with Gasteiger partial charge < -0.3 is 10.1 Å². The van der Waals surface area contributed by atoms with E-state index in [0.29, 0.717) is 4.76 Å². The monoisotopic (exact) mass is 462 g/mol. The number of carbonyl (C=O) groups is 1. The summed E-state index contributed by atoms with van der Waals surface area (Å²) in [4.78, 5) is 36.3. The molecule has 0 aliphatic heterocycles. The normalized spacial score (nSPS) is 11.4. The van der Waals surface area contributed by atoms with Crippen LogP contribution in [0.4, 0.5) is 10.8 Å². The third kappa shape index (κ3) is 5.04.